The summed E-state index contributed by atoms with van der Waals surface area (Å²) in [6.45, 7) is 10.5. The van der Waals surface area contributed by atoms with Gasteiger partial charge in [-0.15, -0.1) is 0 Å². The molecule has 1 aliphatic heterocycles. The lowest BCUT2D eigenvalue weighted by Crippen LogP contribution is -2.30. The summed E-state index contributed by atoms with van der Waals surface area (Å²) in [5, 5.41) is 1.59. The van der Waals surface area contributed by atoms with Crippen molar-refractivity contribution in [3.63, 3.8) is 0 Å². The zero-order valence-electron chi connectivity index (χ0n) is 10.8. The van der Waals surface area contributed by atoms with Gasteiger partial charge in [-0.3, -0.25) is 4.99 Å². The van der Waals surface area contributed by atoms with E-state index in [1.165, 1.54) is 37.8 Å². The summed E-state index contributed by atoms with van der Waals surface area (Å²) in [4.78, 5) is 4.80. The molecule has 1 rings (SSSR count). The largest absolute Gasteiger partial charge is 0.290 e. The predicted octanol–water partition coefficient (Wildman–Crippen LogP) is 4.22. The van der Waals surface area contributed by atoms with Gasteiger partial charge in [0.15, 0.2) is 0 Å². The van der Waals surface area contributed by atoms with Crippen molar-refractivity contribution in [1.82, 2.24) is 0 Å². The van der Waals surface area contributed by atoms with Crippen molar-refractivity contribution in [3.8, 4) is 0 Å². The minimum atomic E-state index is -1.18. The smallest absolute Gasteiger partial charge is 0.0795 e. The Hall–Kier alpha value is -0.373. The predicted molar refractivity (Wildman–Crippen MR) is 72.5 cm³/mol. The molecule has 0 atom stereocenters. The first kappa shape index (κ1) is 12.7. The van der Waals surface area contributed by atoms with Gasteiger partial charge in [0.05, 0.1) is 8.07 Å². The molecule has 1 aliphatic rings. The van der Waals surface area contributed by atoms with Gasteiger partial charge in [0.1, 0.15) is 0 Å². The second kappa shape index (κ2) is 5.64. The Morgan fingerprint density at radius 1 is 1.13 bits per heavy atom. The van der Waals surface area contributed by atoms with Crippen molar-refractivity contribution in [2.24, 2.45) is 4.99 Å². The van der Waals surface area contributed by atoms with Gasteiger partial charge in [-0.1, -0.05) is 38.6 Å². The maximum Gasteiger partial charge on any atom is 0.0795 e. The van der Waals surface area contributed by atoms with Crippen LogP contribution in [0.4, 0.5) is 0 Å². The molecule has 2 heteroatoms. The van der Waals surface area contributed by atoms with E-state index >= 15 is 0 Å². The minimum Gasteiger partial charge on any atom is -0.290 e. The number of hydrogen-bond acceptors (Lipinski definition) is 1. The molecule has 0 amide bonds. The SMILES string of the molecule is C/C=C(/C1=NCCCCCC1)[Si](C)(C)C. The highest BCUT2D eigenvalue weighted by Gasteiger charge is 2.23. The molecule has 0 aromatic carbocycles. The average Bonchev–Trinajstić information content (AvgIpc) is 2.07. The van der Waals surface area contributed by atoms with E-state index in [-0.39, 0.29) is 0 Å². The van der Waals surface area contributed by atoms with Crippen LogP contribution in [0.25, 0.3) is 0 Å². The molecule has 0 aliphatic carbocycles. The highest BCUT2D eigenvalue weighted by Crippen LogP contribution is 2.21. The molecule has 0 fully saturated rings. The molecule has 0 saturated carbocycles. The summed E-state index contributed by atoms with van der Waals surface area (Å²) < 4.78 is 0. The Balaban J connectivity index is 2.82. The van der Waals surface area contributed by atoms with E-state index in [4.69, 9.17) is 4.99 Å². The van der Waals surface area contributed by atoms with Crippen LogP contribution in [-0.4, -0.2) is 20.3 Å². The van der Waals surface area contributed by atoms with Crippen LogP contribution >= 0.6 is 0 Å². The van der Waals surface area contributed by atoms with Gasteiger partial charge >= 0.3 is 0 Å². The Labute approximate surface area is 95.7 Å². The third-order valence-electron chi connectivity index (χ3n) is 3.03. The topological polar surface area (TPSA) is 12.4 Å². The lowest BCUT2D eigenvalue weighted by molar-refractivity contribution is 0.644. The summed E-state index contributed by atoms with van der Waals surface area (Å²) >= 11 is 0. The third-order valence-corrected chi connectivity index (χ3v) is 5.23. The Morgan fingerprint density at radius 2 is 1.80 bits per heavy atom. The zero-order chi connectivity index (χ0) is 11.3. The fourth-order valence-electron chi connectivity index (χ4n) is 2.30. The van der Waals surface area contributed by atoms with E-state index in [0.717, 1.165) is 6.54 Å². The zero-order valence-corrected chi connectivity index (χ0v) is 11.8. The first-order valence-electron chi connectivity index (χ1n) is 6.26. The van der Waals surface area contributed by atoms with E-state index < -0.39 is 8.07 Å². The summed E-state index contributed by atoms with van der Waals surface area (Å²) in [5.74, 6) is 0. The molecule has 1 heterocycles. The van der Waals surface area contributed by atoms with Crippen molar-refractivity contribution in [1.29, 1.82) is 0 Å². The van der Waals surface area contributed by atoms with Gasteiger partial charge in [-0.05, 0) is 31.4 Å². The summed E-state index contributed by atoms with van der Waals surface area (Å²) in [6.07, 6.45) is 8.90. The molecule has 15 heavy (non-hydrogen) atoms. The lowest BCUT2D eigenvalue weighted by Gasteiger charge is -2.23. The van der Waals surface area contributed by atoms with E-state index in [1.54, 1.807) is 5.20 Å². The second-order valence-electron chi connectivity index (χ2n) is 5.44. The van der Waals surface area contributed by atoms with Gasteiger partial charge in [-0.2, -0.15) is 0 Å². The van der Waals surface area contributed by atoms with Gasteiger partial charge in [0, 0.05) is 12.3 Å². The number of aliphatic imine (C=N–C) groups is 1. The molecular weight excluding hydrogens is 198 g/mol. The molecule has 0 N–H and O–H groups in total. The summed E-state index contributed by atoms with van der Waals surface area (Å²) in [6, 6.07) is 0. The molecule has 0 spiro atoms. The van der Waals surface area contributed by atoms with Crippen LogP contribution in [0, 0.1) is 0 Å². The quantitative estimate of drug-likeness (QED) is 0.622. The molecule has 1 nitrogen and oxygen atoms in total. The molecule has 0 saturated heterocycles. The van der Waals surface area contributed by atoms with Crippen LogP contribution < -0.4 is 0 Å². The van der Waals surface area contributed by atoms with Gasteiger partial charge in [-0.25, -0.2) is 0 Å². The molecular formula is C13H25NSi. The molecule has 0 aromatic heterocycles. The fraction of sp³-hybridized carbons (Fsp3) is 0.769. The van der Waals surface area contributed by atoms with Gasteiger partial charge < -0.3 is 0 Å². The normalized spacial score (nSPS) is 20.5. The lowest BCUT2D eigenvalue weighted by atomic mass is 10.1. The maximum atomic E-state index is 4.80. The highest BCUT2D eigenvalue weighted by atomic mass is 28.3. The average molecular weight is 223 g/mol. The molecule has 0 bridgehead atoms. The molecule has 86 valence electrons. The van der Waals surface area contributed by atoms with E-state index in [0.29, 0.717) is 0 Å². The fourth-order valence-corrected chi connectivity index (χ4v) is 4.24. The number of nitrogens with zero attached hydrogens (tertiary/aromatic N) is 1. The van der Waals surface area contributed by atoms with Crippen molar-refractivity contribution < 1.29 is 0 Å². The highest BCUT2D eigenvalue weighted by molar-refractivity contribution is 6.87. The van der Waals surface area contributed by atoms with Crippen LogP contribution in [0.5, 0.6) is 0 Å². The molecule has 0 unspecified atom stereocenters. The summed E-state index contributed by atoms with van der Waals surface area (Å²) in [5.41, 5.74) is 1.43. The van der Waals surface area contributed by atoms with Crippen LogP contribution in [0.3, 0.4) is 0 Å². The van der Waals surface area contributed by atoms with Crippen molar-refractivity contribution in [2.75, 3.05) is 6.54 Å². The van der Waals surface area contributed by atoms with Crippen LogP contribution in [0.2, 0.25) is 19.6 Å². The van der Waals surface area contributed by atoms with Crippen LogP contribution in [0.1, 0.15) is 39.0 Å². The van der Waals surface area contributed by atoms with Crippen molar-refractivity contribution in [3.05, 3.63) is 11.3 Å². The molecule has 0 radical (unpaired) electrons. The monoisotopic (exact) mass is 223 g/mol. The van der Waals surface area contributed by atoms with E-state index in [2.05, 4.69) is 32.6 Å². The summed E-state index contributed by atoms with van der Waals surface area (Å²) in [7, 11) is -1.18. The Bertz CT molecular complexity index is 258. The first-order valence-corrected chi connectivity index (χ1v) is 9.76. The van der Waals surface area contributed by atoms with Crippen molar-refractivity contribution >= 4 is 13.8 Å². The number of hydrogen-bond donors (Lipinski definition) is 0. The number of allylic oxidation sites excluding steroid dienone is 2. The second-order valence-corrected chi connectivity index (χ2v) is 10.5. The Kier molecular flexibility index (Phi) is 4.77. The van der Waals surface area contributed by atoms with Crippen LogP contribution in [0.15, 0.2) is 16.3 Å². The number of rotatable bonds is 2. The Morgan fingerprint density at radius 3 is 2.40 bits per heavy atom. The molecule has 0 aromatic rings. The van der Waals surface area contributed by atoms with E-state index in [9.17, 15) is 0 Å². The van der Waals surface area contributed by atoms with Crippen molar-refractivity contribution in [2.45, 2.75) is 58.7 Å². The van der Waals surface area contributed by atoms with Crippen LogP contribution in [-0.2, 0) is 0 Å². The minimum absolute atomic E-state index is 1.05. The van der Waals surface area contributed by atoms with Gasteiger partial charge in [0.2, 0.25) is 0 Å². The first-order chi connectivity index (χ1) is 7.05. The maximum absolute atomic E-state index is 4.80. The van der Waals surface area contributed by atoms with Gasteiger partial charge in [0.25, 0.3) is 0 Å². The third kappa shape index (κ3) is 3.94. The standard InChI is InChI=1S/C13H25NSi/c1-5-13(15(2,3)4)12-10-8-6-7-9-11-14-12/h5H,6-11H2,1-4H3/b13-5-,14-12?. The van der Waals surface area contributed by atoms with E-state index in [1.807, 2.05) is 0 Å².